The molecule has 11 heavy (non-hydrogen) atoms. The van der Waals surface area contributed by atoms with Crippen LogP contribution in [0, 0.1) is 0 Å². The zero-order valence-corrected chi connectivity index (χ0v) is 9.58. The molecule has 0 aromatic rings. The van der Waals surface area contributed by atoms with Crippen molar-refractivity contribution in [1.29, 1.82) is 0 Å². The second-order valence-electron chi connectivity index (χ2n) is 1.57. The van der Waals surface area contributed by atoms with Gasteiger partial charge < -0.3 is 11.0 Å². The minimum atomic E-state index is -0.931. The summed E-state index contributed by atoms with van der Waals surface area (Å²) in [5, 5.41) is 0. The van der Waals surface area contributed by atoms with Crippen LogP contribution >= 0.6 is 0 Å². The van der Waals surface area contributed by atoms with Crippen LogP contribution in [-0.2, 0) is 6.15 Å². The van der Waals surface area contributed by atoms with Crippen molar-refractivity contribution < 1.29 is 17.1 Å². The average molecular weight is 274 g/mol. The van der Waals surface area contributed by atoms with Crippen molar-refractivity contribution in [3.63, 3.8) is 0 Å². The maximum absolute atomic E-state index is 5.19. The first-order chi connectivity index (χ1) is 4.41. The largest absolute Gasteiger partial charge is 0.412 e. The van der Waals surface area contributed by atoms with E-state index in [-0.39, 0.29) is 11.0 Å². The second kappa shape index (κ2) is 16.9. The average Bonchev–Trinajstić information content (AvgIpc) is 1.89. The van der Waals surface area contributed by atoms with Crippen LogP contribution in [-0.4, -0.2) is 52.7 Å². The quantitative estimate of drug-likeness (QED) is 0.459. The summed E-state index contributed by atoms with van der Waals surface area (Å²) in [7, 11) is 0. The van der Waals surface area contributed by atoms with Gasteiger partial charge in [-0.2, -0.15) is 0 Å². The van der Waals surface area contributed by atoms with Gasteiger partial charge in [0.05, 0.1) is 0 Å². The topological polar surface area (TPSA) is 107 Å². The molecule has 0 aromatic heterocycles. The third-order valence-electron chi connectivity index (χ3n) is 0.644. The molecule has 0 aromatic carbocycles. The van der Waals surface area contributed by atoms with Crippen LogP contribution in [0.1, 0.15) is 13.3 Å². The Morgan fingerprint density at radius 3 is 2.18 bits per heavy atom. The van der Waals surface area contributed by atoms with Crippen LogP contribution in [0.2, 0.25) is 0 Å². The maximum Gasteiger partial charge on any atom is -0.412 e. The van der Waals surface area contributed by atoms with Crippen LogP contribution in [0.15, 0.2) is 0 Å². The van der Waals surface area contributed by atoms with Gasteiger partial charge in [-0.15, -0.1) is 0 Å². The number of rotatable bonds is 6. The van der Waals surface area contributed by atoms with E-state index in [9.17, 15) is 0 Å². The molecule has 6 heteroatoms. The molecule has 2 radical (unpaired) electrons. The van der Waals surface area contributed by atoms with E-state index in [1.54, 1.807) is 0 Å². The van der Waals surface area contributed by atoms with E-state index in [0.717, 1.165) is 13.0 Å². The first-order valence-electron chi connectivity index (χ1n) is 3.10. The summed E-state index contributed by atoms with van der Waals surface area (Å²) in [6.45, 7) is 4.20. The molecule has 6 N–H and O–H groups in total. The Labute approximate surface area is 78.2 Å². The van der Waals surface area contributed by atoms with Crippen LogP contribution in [0.5, 0.6) is 0 Å². The van der Waals surface area contributed by atoms with Gasteiger partial charge in [-0.3, -0.25) is 0 Å². The van der Waals surface area contributed by atoms with Crippen molar-refractivity contribution in [1.82, 2.24) is 0 Å². The minimum Gasteiger partial charge on any atom is -0.412 e. The van der Waals surface area contributed by atoms with Crippen molar-refractivity contribution in [3.05, 3.63) is 0 Å². The monoisotopic (exact) mass is 275 g/mol. The Balaban J connectivity index is -0.000000320. The Kier molecular flexibility index (Phi) is 27.1. The fourth-order valence-corrected chi connectivity index (χ4v) is 1.92. The summed E-state index contributed by atoms with van der Waals surface area (Å²) in [6.07, 6.45) is 1.08. The van der Waals surface area contributed by atoms with Gasteiger partial charge >= 0.3 is 67.0 Å². The second-order valence-corrected chi connectivity index (χ2v) is 3.69. The molecule has 0 atom stereocenters. The fraction of sp³-hybridized carbons (Fsp3) is 1.00. The van der Waals surface area contributed by atoms with E-state index in [2.05, 4.69) is 6.92 Å². The van der Waals surface area contributed by atoms with Crippen LogP contribution < -0.4 is 5.73 Å². The normalized spacial score (nSPS) is 8.18. The Hall–Kier alpha value is 0.599. The molecule has 0 amide bonds. The van der Waals surface area contributed by atoms with Gasteiger partial charge in [-0.05, 0) is 0 Å². The molecule has 0 heterocycles. The smallest absolute Gasteiger partial charge is 0.412 e. The summed E-state index contributed by atoms with van der Waals surface area (Å²) in [4.78, 5) is 0. The third kappa shape index (κ3) is 18.0. The van der Waals surface area contributed by atoms with E-state index in [1.165, 1.54) is 0 Å². The van der Waals surface area contributed by atoms with Gasteiger partial charge in [0, 0.05) is 0 Å². The van der Waals surface area contributed by atoms with Crippen molar-refractivity contribution in [2.45, 2.75) is 13.3 Å². The van der Waals surface area contributed by atoms with E-state index < -0.39 is 22.0 Å². The first-order valence-corrected chi connectivity index (χ1v) is 5.43. The fourth-order valence-electron chi connectivity index (χ4n) is 0.286. The SMILES string of the molecule is CCC[O][Sn][O]CCN.O.O. The molecule has 0 aliphatic carbocycles. The zero-order valence-electron chi connectivity index (χ0n) is 6.72. The van der Waals surface area contributed by atoms with Crippen molar-refractivity contribution in [2.75, 3.05) is 19.8 Å². The summed E-state index contributed by atoms with van der Waals surface area (Å²) >= 11 is -0.931. The molecule has 0 rings (SSSR count). The van der Waals surface area contributed by atoms with E-state index in [0.29, 0.717) is 13.2 Å². The molecule has 0 unspecified atom stereocenters. The summed E-state index contributed by atoms with van der Waals surface area (Å²) in [5.74, 6) is 0. The molecule has 0 spiro atoms. The predicted octanol–water partition coefficient (Wildman–Crippen LogP) is -1.73. The molecule has 0 bridgehead atoms. The first kappa shape index (κ1) is 17.6. The van der Waals surface area contributed by atoms with Gasteiger partial charge in [0.2, 0.25) is 0 Å². The molecular formula is C5H17NO4Sn. The Bertz CT molecular complexity index is 51.7. The molecule has 0 saturated heterocycles. The van der Waals surface area contributed by atoms with Gasteiger partial charge in [0.25, 0.3) is 0 Å². The molecule has 0 aliphatic heterocycles. The van der Waals surface area contributed by atoms with Gasteiger partial charge in [0.15, 0.2) is 0 Å². The predicted molar refractivity (Wildman–Crippen MR) is 44.2 cm³/mol. The van der Waals surface area contributed by atoms with Crippen LogP contribution in [0.25, 0.3) is 0 Å². The van der Waals surface area contributed by atoms with Crippen LogP contribution in [0.3, 0.4) is 0 Å². The Morgan fingerprint density at radius 1 is 1.18 bits per heavy atom. The minimum absolute atomic E-state index is 0. The van der Waals surface area contributed by atoms with E-state index in [1.807, 2.05) is 0 Å². The maximum atomic E-state index is 5.19. The molecule has 70 valence electrons. The van der Waals surface area contributed by atoms with Gasteiger partial charge in [-0.25, -0.2) is 0 Å². The van der Waals surface area contributed by atoms with E-state index >= 15 is 0 Å². The molecule has 0 saturated carbocycles. The summed E-state index contributed by atoms with van der Waals surface area (Å²) < 4.78 is 10.3. The number of hydrogen-bond acceptors (Lipinski definition) is 3. The van der Waals surface area contributed by atoms with Gasteiger partial charge in [-0.1, -0.05) is 0 Å². The van der Waals surface area contributed by atoms with Crippen molar-refractivity contribution >= 4 is 22.0 Å². The molecule has 5 nitrogen and oxygen atoms in total. The summed E-state index contributed by atoms with van der Waals surface area (Å²) in [6, 6.07) is 0. The number of nitrogens with two attached hydrogens (primary N) is 1. The zero-order chi connectivity index (χ0) is 6.95. The summed E-state index contributed by atoms with van der Waals surface area (Å²) in [5.41, 5.74) is 5.19. The molecular weight excluding hydrogens is 257 g/mol. The van der Waals surface area contributed by atoms with Crippen molar-refractivity contribution in [2.24, 2.45) is 5.73 Å². The molecule has 0 fully saturated rings. The van der Waals surface area contributed by atoms with Crippen molar-refractivity contribution in [3.8, 4) is 0 Å². The van der Waals surface area contributed by atoms with E-state index in [4.69, 9.17) is 11.9 Å². The number of hydrogen-bond donors (Lipinski definition) is 1. The molecule has 0 aliphatic rings. The standard InChI is InChI=1S/C3H7O.C2H6NO.2H2O.Sn/c1-2-3-4;3-1-2-4;;;/h2-3H2,1H3;1-3H2;2*1H2;/q2*-1;;;+2. The van der Waals surface area contributed by atoms with Gasteiger partial charge in [0.1, 0.15) is 0 Å². The van der Waals surface area contributed by atoms with Crippen LogP contribution in [0.4, 0.5) is 0 Å². The third-order valence-corrected chi connectivity index (χ3v) is 2.48. The Morgan fingerprint density at radius 2 is 1.73 bits per heavy atom.